The Morgan fingerprint density at radius 1 is 1.14 bits per heavy atom. The Morgan fingerprint density at radius 3 is 2.25 bits per heavy atom. The number of hydrogen-bond donors (Lipinski definition) is 0. The minimum absolute atomic E-state index is 0.296. The van der Waals surface area contributed by atoms with Gasteiger partial charge >= 0.3 is 5.97 Å². The third-order valence-electron chi connectivity index (χ3n) is 5.00. The maximum absolute atomic E-state index is 12.5. The fourth-order valence-electron chi connectivity index (χ4n) is 3.55. The quantitative estimate of drug-likeness (QED) is 0.416. The van der Waals surface area contributed by atoms with Crippen LogP contribution in [0, 0.1) is 5.41 Å². The summed E-state index contributed by atoms with van der Waals surface area (Å²) >= 11 is 0. The van der Waals surface area contributed by atoms with Crippen LogP contribution in [0.4, 0.5) is 0 Å². The van der Waals surface area contributed by atoms with Crippen molar-refractivity contribution in [3.63, 3.8) is 0 Å². The van der Waals surface area contributed by atoms with Gasteiger partial charge in [-0.1, -0.05) is 18.2 Å². The van der Waals surface area contributed by atoms with Crippen LogP contribution < -0.4 is 4.74 Å². The van der Waals surface area contributed by atoms with Crippen molar-refractivity contribution in [3.8, 4) is 5.75 Å². The number of hydrogen-bond acceptors (Lipinski definition) is 6. The summed E-state index contributed by atoms with van der Waals surface area (Å²) in [4.78, 5) is 12.5. The lowest BCUT2D eigenvalue weighted by molar-refractivity contribution is -0.356. The first-order valence-corrected chi connectivity index (χ1v) is 13.2. The largest absolute Gasteiger partial charge is 0.426 e. The highest BCUT2D eigenvalue weighted by Gasteiger charge is 2.66. The van der Waals surface area contributed by atoms with Gasteiger partial charge in [0.15, 0.2) is 19.7 Å². The average Bonchev–Trinajstić information content (AvgIpc) is 2.99. The standard InChI is InChI=1S/C21H32O6Si/c1-19(2,3)18(22)26-16-11-9-8-10-15(16)17-21(14-23-17,27-28(5,6)7)20(4)24-12-13-25-20/h8-11,17H,12-14H2,1-7H3/t17-,21-/m0/s1. The molecule has 2 aliphatic rings. The summed E-state index contributed by atoms with van der Waals surface area (Å²) in [5.41, 5.74) is -0.633. The lowest BCUT2D eigenvalue weighted by Crippen LogP contribution is -2.70. The number of esters is 1. The normalized spacial score (nSPS) is 27.3. The number of para-hydroxylation sites is 1. The molecule has 2 atom stereocenters. The van der Waals surface area contributed by atoms with Gasteiger partial charge in [-0.2, -0.15) is 0 Å². The molecule has 3 rings (SSSR count). The zero-order valence-corrected chi connectivity index (χ0v) is 19.0. The SMILES string of the molecule is CC(C)(C)C(=O)Oc1ccccc1[C@@H]1OC[C@@]1(O[Si](C)(C)C)C1(C)OCCO1. The smallest absolute Gasteiger partial charge is 0.316 e. The molecule has 28 heavy (non-hydrogen) atoms. The maximum Gasteiger partial charge on any atom is 0.316 e. The molecule has 0 amide bonds. The van der Waals surface area contributed by atoms with Gasteiger partial charge in [0.2, 0.25) is 0 Å². The lowest BCUT2D eigenvalue weighted by Gasteiger charge is -2.57. The number of carbonyl (C=O) groups is 1. The molecule has 2 aliphatic heterocycles. The molecule has 1 aromatic carbocycles. The first-order chi connectivity index (χ1) is 12.9. The highest BCUT2D eigenvalue weighted by Crippen LogP contribution is 2.54. The molecule has 156 valence electrons. The monoisotopic (exact) mass is 408 g/mol. The fraction of sp³-hybridized carbons (Fsp3) is 0.667. The van der Waals surface area contributed by atoms with Crippen molar-refractivity contribution >= 4 is 14.3 Å². The predicted octanol–water partition coefficient (Wildman–Crippen LogP) is 4.06. The van der Waals surface area contributed by atoms with Crippen LogP contribution in [0.3, 0.4) is 0 Å². The summed E-state index contributed by atoms with van der Waals surface area (Å²) in [6.45, 7) is 15.2. The van der Waals surface area contributed by atoms with Gasteiger partial charge in [-0.3, -0.25) is 4.79 Å². The van der Waals surface area contributed by atoms with Crippen LogP contribution in [0.2, 0.25) is 19.6 Å². The van der Waals surface area contributed by atoms with Crippen LogP contribution in [0.5, 0.6) is 5.75 Å². The average molecular weight is 409 g/mol. The van der Waals surface area contributed by atoms with Crippen LogP contribution in [0.15, 0.2) is 24.3 Å². The highest BCUT2D eigenvalue weighted by molar-refractivity contribution is 6.69. The summed E-state index contributed by atoms with van der Waals surface area (Å²) in [7, 11) is -1.98. The summed E-state index contributed by atoms with van der Waals surface area (Å²) in [5, 5.41) is 0. The van der Waals surface area contributed by atoms with Gasteiger partial charge < -0.3 is 23.4 Å². The molecule has 0 spiro atoms. The molecular weight excluding hydrogens is 376 g/mol. The molecule has 0 aliphatic carbocycles. The molecule has 2 heterocycles. The van der Waals surface area contributed by atoms with Gasteiger partial charge in [-0.25, -0.2) is 0 Å². The Morgan fingerprint density at radius 2 is 1.75 bits per heavy atom. The van der Waals surface area contributed by atoms with E-state index in [1.807, 2.05) is 45.9 Å². The van der Waals surface area contributed by atoms with E-state index in [4.69, 9.17) is 23.4 Å². The van der Waals surface area contributed by atoms with E-state index in [1.165, 1.54) is 0 Å². The van der Waals surface area contributed by atoms with E-state index in [0.717, 1.165) is 5.56 Å². The second-order valence-electron chi connectivity index (χ2n) is 9.61. The minimum atomic E-state index is -1.98. The van der Waals surface area contributed by atoms with Crippen molar-refractivity contribution in [2.45, 2.75) is 64.8 Å². The molecular formula is C21H32O6Si. The Kier molecular flexibility index (Phi) is 5.53. The highest BCUT2D eigenvalue weighted by atomic mass is 28.4. The first kappa shape index (κ1) is 21.5. The lowest BCUT2D eigenvalue weighted by atomic mass is 9.80. The van der Waals surface area contributed by atoms with Gasteiger partial charge in [-0.05, 0) is 53.4 Å². The minimum Gasteiger partial charge on any atom is -0.426 e. The molecule has 0 saturated carbocycles. The molecule has 0 unspecified atom stereocenters. The Bertz CT molecular complexity index is 729. The Hall–Kier alpha value is -1.25. The second kappa shape index (κ2) is 7.22. The molecule has 0 radical (unpaired) electrons. The van der Waals surface area contributed by atoms with Crippen LogP contribution in [-0.2, 0) is 23.4 Å². The fourth-order valence-corrected chi connectivity index (χ4v) is 5.00. The van der Waals surface area contributed by atoms with Crippen LogP contribution in [0.25, 0.3) is 0 Å². The second-order valence-corrected chi connectivity index (χ2v) is 14.0. The summed E-state index contributed by atoms with van der Waals surface area (Å²) < 4.78 is 30.4. The first-order valence-electron chi connectivity index (χ1n) is 9.79. The van der Waals surface area contributed by atoms with Gasteiger partial charge in [0, 0.05) is 5.56 Å². The number of ether oxygens (including phenoxy) is 4. The van der Waals surface area contributed by atoms with Crippen molar-refractivity contribution in [3.05, 3.63) is 29.8 Å². The molecule has 0 aromatic heterocycles. The predicted molar refractivity (Wildman–Crippen MR) is 108 cm³/mol. The van der Waals surface area contributed by atoms with Crippen molar-refractivity contribution < 1.29 is 28.2 Å². The Labute approximate surface area is 168 Å². The van der Waals surface area contributed by atoms with Gasteiger partial charge in [0.05, 0.1) is 25.2 Å². The van der Waals surface area contributed by atoms with Crippen LogP contribution in [-0.4, -0.2) is 45.5 Å². The summed E-state index contributed by atoms with van der Waals surface area (Å²) in [6.07, 6.45) is -0.453. The van der Waals surface area contributed by atoms with Gasteiger partial charge in [0.1, 0.15) is 11.9 Å². The van der Waals surface area contributed by atoms with E-state index < -0.39 is 31.2 Å². The maximum atomic E-state index is 12.5. The zero-order chi connectivity index (χ0) is 20.8. The summed E-state index contributed by atoms with van der Waals surface area (Å²) in [6, 6.07) is 7.45. The van der Waals surface area contributed by atoms with E-state index in [1.54, 1.807) is 6.07 Å². The molecule has 1 aromatic rings. The molecule has 2 saturated heterocycles. The number of rotatable bonds is 5. The van der Waals surface area contributed by atoms with Gasteiger partial charge in [0.25, 0.3) is 0 Å². The zero-order valence-electron chi connectivity index (χ0n) is 18.0. The molecule has 0 N–H and O–H groups in total. The van der Waals surface area contributed by atoms with Crippen LogP contribution in [0.1, 0.15) is 39.4 Å². The van der Waals surface area contributed by atoms with Crippen molar-refractivity contribution in [2.75, 3.05) is 19.8 Å². The Balaban J connectivity index is 1.99. The van der Waals surface area contributed by atoms with Crippen LogP contribution >= 0.6 is 0 Å². The summed E-state index contributed by atoms with van der Waals surface area (Å²) in [5.74, 6) is -0.731. The van der Waals surface area contributed by atoms with Crippen molar-refractivity contribution in [1.29, 1.82) is 0 Å². The van der Waals surface area contributed by atoms with E-state index in [9.17, 15) is 4.79 Å². The topological polar surface area (TPSA) is 63.2 Å². The molecule has 7 heteroatoms. The van der Waals surface area contributed by atoms with E-state index in [0.29, 0.717) is 25.6 Å². The molecule has 0 bridgehead atoms. The van der Waals surface area contributed by atoms with E-state index in [-0.39, 0.29) is 5.97 Å². The number of carbonyl (C=O) groups excluding carboxylic acids is 1. The van der Waals surface area contributed by atoms with E-state index in [2.05, 4.69) is 19.6 Å². The van der Waals surface area contributed by atoms with Crippen molar-refractivity contribution in [2.24, 2.45) is 5.41 Å². The van der Waals surface area contributed by atoms with E-state index >= 15 is 0 Å². The third-order valence-corrected chi connectivity index (χ3v) is 5.98. The third kappa shape index (κ3) is 3.91. The van der Waals surface area contributed by atoms with Gasteiger partial charge in [-0.15, -0.1) is 0 Å². The van der Waals surface area contributed by atoms with Crippen molar-refractivity contribution in [1.82, 2.24) is 0 Å². The number of benzene rings is 1. The molecule has 2 fully saturated rings. The molecule has 6 nitrogen and oxygen atoms in total.